The highest BCUT2D eigenvalue weighted by atomic mass is 79.9. The maximum absolute atomic E-state index is 14.5. The molecule has 186 valence electrons. The standard InChI is InChI=1S/C32H28BrNO3/c1-18-9-15-24-20(17-18)12-16-25-32(28(35)22-7-5-6-8-23(22)29(32)36)26(19-10-13-21(33)14-11-19)27(34(24)25)30(37)31(2,3)4/h5-17,25-27H,1-4H3/t25-,26+,27+/m1/s1. The predicted octanol–water partition coefficient (Wildman–Crippen LogP) is 6.81. The number of carbonyl (C=O) groups excluding carboxylic acids is 3. The van der Waals surface area contributed by atoms with E-state index in [0.29, 0.717) is 11.1 Å². The maximum Gasteiger partial charge on any atom is 0.180 e. The molecule has 0 amide bonds. The molecule has 37 heavy (non-hydrogen) atoms. The molecule has 1 fully saturated rings. The average Bonchev–Trinajstić information content (AvgIpc) is 3.29. The van der Waals surface area contributed by atoms with Crippen molar-refractivity contribution in [3.05, 3.63) is 105 Å². The summed E-state index contributed by atoms with van der Waals surface area (Å²) in [6.07, 6.45) is 3.99. The van der Waals surface area contributed by atoms with Gasteiger partial charge in [0.05, 0.1) is 12.1 Å². The highest BCUT2D eigenvalue weighted by Gasteiger charge is 2.71. The molecule has 2 heterocycles. The Morgan fingerprint density at radius 3 is 2.14 bits per heavy atom. The number of aryl methyl sites for hydroxylation is 1. The fourth-order valence-electron chi connectivity index (χ4n) is 6.58. The lowest BCUT2D eigenvalue weighted by Gasteiger charge is -2.38. The average molecular weight is 554 g/mol. The van der Waals surface area contributed by atoms with Crippen LogP contribution in [0.15, 0.2) is 77.3 Å². The van der Waals surface area contributed by atoms with Crippen LogP contribution in [0.25, 0.3) is 6.08 Å². The monoisotopic (exact) mass is 553 g/mol. The number of fused-ring (bicyclic) bond motifs is 5. The second-order valence-electron chi connectivity index (χ2n) is 11.4. The van der Waals surface area contributed by atoms with Crippen molar-refractivity contribution in [3.63, 3.8) is 0 Å². The van der Waals surface area contributed by atoms with Crippen molar-refractivity contribution in [1.29, 1.82) is 0 Å². The minimum Gasteiger partial charge on any atom is -0.352 e. The number of hydrogen-bond donors (Lipinski definition) is 0. The molecular weight excluding hydrogens is 526 g/mol. The van der Waals surface area contributed by atoms with Gasteiger partial charge in [0.25, 0.3) is 0 Å². The summed E-state index contributed by atoms with van der Waals surface area (Å²) in [6.45, 7) is 7.78. The van der Waals surface area contributed by atoms with Crippen LogP contribution in [-0.4, -0.2) is 29.4 Å². The zero-order valence-corrected chi connectivity index (χ0v) is 22.9. The third-order valence-electron chi connectivity index (χ3n) is 8.20. The van der Waals surface area contributed by atoms with Gasteiger partial charge in [-0.2, -0.15) is 0 Å². The molecule has 2 aliphatic heterocycles. The van der Waals surface area contributed by atoms with Gasteiger partial charge in [-0.25, -0.2) is 0 Å². The SMILES string of the molecule is Cc1ccc2c(c1)C=C[C@H]1N2[C@H](C(=O)C(C)(C)C)[C@H](c2ccc(Br)cc2)C12C(=O)c1ccccc1C2=O. The maximum atomic E-state index is 14.5. The molecule has 1 spiro atoms. The Hall–Kier alpha value is -3.31. The summed E-state index contributed by atoms with van der Waals surface area (Å²) in [5.41, 5.74) is 2.57. The van der Waals surface area contributed by atoms with Gasteiger partial charge in [0.1, 0.15) is 5.41 Å². The van der Waals surface area contributed by atoms with Gasteiger partial charge in [-0.05, 0) is 42.3 Å². The van der Waals surface area contributed by atoms with Crippen molar-refractivity contribution in [1.82, 2.24) is 0 Å². The van der Waals surface area contributed by atoms with Crippen LogP contribution < -0.4 is 4.90 Å². The number of benzene rings is 3. The van der Waals surface area contributed by atoms with Crippen LogP contribution >= 0.6 is 15.9 Å². The Bertz CT molecular complexity index is 1480. The Kier molecular flexibility index (Phi) is 5.26. The summed E-state index contributed by atoms with van der Waals surface area (Å²) < 4.78 is 0.896. The molecule has 3 atom stereocenters. The first-order valence-electron chi connectivity index (χ1n) is 12.6. The lowest BCUT2D eigenvalue weighted by molar-refractivity contribution is -0.127. The summed E-state index contributed by atoms with van der Waals surface area (Å²) >= 11 is 3.52. The fraction of sp³-hybridized carbons (Fsp3) is 0.281. The molecule has 6 rings (SSSR count). The minimum absolute atomic E-state index is 0.0145. The number of hydrogen-bond acceptors (Lipinski definition) is 4. The third-order valence-corrected chi connectivity index (χ3v) is 8.72. The summed E-state index contributed by atoms with van der Waals surface area (Å²) in [5.74, 6) is -1.02. The van der Waals surface area contributed by atoms with Gasteiger partial charge >= 0.3 is 0 Å². The van der Waals surface area contributed by atoms with Crippen molar-refractivity contribution >= 4 is 45.0 Å². The van der Waals surface area contributed by atoms with Gasteiger partial charge in [0.2, 0.25) is 0 Å². The van der Waals surface area contributed by atoms with E-state index in [4.69, 9.17) is 0 Å². The van der Waals surface area contributed by atoms with E-state index in [2.05, 4.69) is 26.9 Å². The zero-order chi connectivity index (χ0) is 26.3. The van der Waals surface area contributed by atoms with E-state index in [1.54, 1.807) is 24.3 Å². The van der Waals surface area contributed by atoms with E-state index in [1.807, 2.05) is 76.2 Å². The molecule has 0 N–H and O–H groups in total. The Balaban J connectivity index is 1.70. The molecule has 0 aromatic heterocycles. The first-order valence-corrected chi connectivity index (χ1v) is 13.4. The fourth-order valence-corrected chi connectivity index (χ4v) is 6.85. The Labute approximate surface area is 225 Å². The van der Waals surface area contributed by atoms with Crippen molar-refractivity contribution in [3.8, 4) is 0 Å². The number of carbonyl (C=O) groups is 3. The zero-order valence-electron chi connectivity index (χ0n) is 21.3. The first kappa shape index (κ1) is 24.1. The molecule has 1 aliphatic carbocycles. The molecule has 0 unspecified atom stereocenters. The summed E-state index contributed by atoms with van der Waals surface area (Å²) in [5, 5.41) is 0. The summed E-state index contributed by atoms with van der Waals surface area (Å²) in [6, 6.07) is 19.7. The highest BCUT2D eigenvalue weighted by molar-refractivity contribution is 9.10. The number of rotatable bonds is 2. The van der Waals surface area contributed by atoms with Crippen molar-refractivity contribution in [2.45, 2.75) is 45.7 Å². The van der Waals surface area contributed by atoms with Crippen LogP contribution in [0.3, 0.4) is 0 Å². The van der Waals surface area contributed by atoms with Crippen molar-refractivity contribution in [2.75, 3.05) is 4.90 Å². The lowest BCUT2D eigenvalue weighted by Crippen LogP contribution is -2.49. The van der Waals surface area contributed by atoms with Gasteiger partial charge < -0.3 is 4.90 Å². The van der Waals surface area contributed by atoms with E-state index < -0.39 is 28.8 Å². The van der Waals surface area contributed by atoms with Gasteiger partial charge in [0, 0.05) is 32.6 Å². The second-order valence-corrected chi connectivity index (χ2v) is 12.4. The third kappa shape index (κ3) is 3.23. The van der Waals surface area contributed by atoms with Crippen LogP contribution in [0.1, 0.15) is 64.1 Å². The van der Waals surface area contributed by atoms with Gasteiger partial charge in [-0.15, -0.1) is 0 Å². The number of nitrogens with zero attached hydrogens (tertiary/aromatic N) is 1. The quantitative estimate of drug-likeness (QED) is 0.327. The van der Waals surface area contributed by atoms with Gasteiger partial charge in [-0.3, -0.25) is 14.4 Å². The molecule has 4 nitrogen and oxygen atoms in total. The number of halogens is 1. The van der Waals surface area contributed by atoms with Crippen LogP contribution in [0, 0.1) is 17.8 Å². The van der Waals surface area contributed by atoms with Crippen LogP contribution in [0.4, 0.5) is 5.69 Å². The molecule has 0 saturated carbocycles. The summed E-state index contributed by atoms with van der Waals surface area (Å²) in [7, 11) is 0. The van der Waals surface area contributed by atoms with Crippen molar-refractivity contribution < 1.29 is 14.4 Å². The number of Topliss-reactive ketones (excluding diaryl/α,β-unsaturated/α-hetero) is 3. The first-order chi connectivity index (χ1) is 17.6. The van der Waals surface area contributed by atoms with Crippen LogP contribution in [0.2, 0.25) is 0 Å². The minimum atomic E-state index is -1.44. The van der Waals surface area contributed by atoms with E-state index in [-0.39, 0.29) is 17.3 Å². The van der Waals surface area contributed by atoms with E-state index in [0.717, 1.165) is 26.9 Å². The molecule has 3 aromatic carbocycles. The van der Waals surface area contributed by atoms with E-state index >= 15 is 0 Å². The van der Waals surface area contributed by atoms with E-state index in [9.17, 15) is 14.4 Å². The Morgan fingerprint density at radius 2 is 1.54 bits per heavy atom. The summed E-state index contributed by atoms with van der Waals surface area (Å²) in [4.78, 5) is 45.5. The highest BCUT2D eigenvalue weighted by Crippen LogP contribution is 2.61. The normalized spacial score (nSPS) is 23.3. The predicted molar refractivity (Wildman–Crippen MR) is 149 cm³/mol. The van der Waals surface area contributed by atoms with E-state index in [1.165, 1.54) is 0 Å². The van der Waals surface area contributed by atoms with Gasteiger partial charge in [-0.1, -0.05) is 96.9 Å². The largest absolute Gasteiger partial charge is 0.352 e. The molecule has 1 saturated heterocycles. The molecule has 3 aromatic rings. The molecule has 5 heteroatoms. The number of ketones is 3. The topological polar surface area (TPSA) is 54.5 Å². The van der Waals surface area contributed by atoms with Crippen LogP contribution in [0.5, 0.6) is 0 Å². The smallest absolute Gasteiger partial charge is 0.180 e. The molecule has 0 bridgehead atoms. The lowest BCUT2D eigenvalue weighted by atomic mass is 9.63. The molecule has 3 aliphatic rings. The Morgan fingerprint density at radius 1 is 0.919 bits per heavy atom. The second kappa shape index (κ2) is 8.09. The molecular formula is C32H28BrNO3. The number of anilines is 1. The van der Waals surface area contributed by atoms with Gasteiger partial charge in [0.15, 0.2) is 17.3 Å². The van der Waals surface area contributed by atoms with Crippen molar-refractivity contribution in [2.24, 2.45) is 10.8 Å². The molecule has 0 radical (unpaired) electrons. The van der Waals surface area contributed by atoms with Crippen LogP contribution in [-0.2, 0) is 4.79 Å².